The lowest BCUT2D eigenvalue weighted by Gasteiger charge is -2.08. The Balaban J connectivity index is 1.94. The van der Waals surface area contributed by atoms with E-state index in [1.165, 1.54) is 30.3 Å². The zero-order valence-electron chi connectivity index (χ0n) is 11.8. The van der Waals surface area contributed by atoms with Gasteiger partial charge in [-0.25, -0.2) is 9.18 Å². The number of non-ortho nitro benzene ring substituents is 1. The zero-order chi connectivity index (χ0) is 16.1. The van der Waals surface area contributed by atoms with Gasteiger partial charge in [0.1, 0.15) is 5.82 Å². The van der Waals surface area contributed by atoms with Gasteiger partial charge in [-0.1, -0.05) is 18.2 Å². The third kappa shape index (κ3) is 4.02. The van der Waals surface area contributed by atoms with Gasteiger partial charge in [0.25, 0.3) is 5.69 Å². The van der Waals surface area contributed by atoms with Crippen LogP contribution in [0.1, 0.15) is 11.1 Å². The minimum absolute atomic E-state index is 0.113. The molecule has 0 bridgehead atoms. The molecule has 0 spiro atoms. The Morgan fingerprint density at radius 3 is 2.73 bits per heavy atom. The average Bonchev–Trinajstić information content (AvgIpc) is 2.49. The van der Waals surface area contributed by atoms with Crippen LogP contribution >= 0.6 is 0 Å². The number of carbonyl (C=O) groups excluding carboxylic acids is 1. The highest BCUT2D eigenvalue weighted by Gasteiger charge is 2.08. The number of nitrogens with zero attached hydrogens (tertiary/aromatic N) is 1. The predicted molar refractivity (Wildman–Crippen MR) is 80.1 cm³/mol. The van der Waals surface area contributed by atoms with Crippen molar-refractivity contribution in [2.24, 2.45) is 0 Å². The highest BCUT2D eigenvalue weighted by Crippen LogP contribution is 2.16. The molecule has 0 fully saturated rings. The van der Waals surface area contributed by atoms with E-state index >= 15 is 0 Å². The van der Waals surface area contributed by atoms with Crippen molar-refractivity contribution in [3.63, 3.8) is 0 Å². The van der Waals surface area contributed by atoms with Crippen molar-refractivity contribution < 1.29 is 14.1 Å². The first kappa shape index (κ1) is 15.4. The number of nitro groups is 1. The first-order valence-corrected chi connectivity index (χ1v) is 6.50. The van der Waals surface area contributed by atoms with E-state index < -0.39 is 11.0 Å². The van der Waals surface area contributed by atoms with Gasteiger partial charge in [-0.2, -0.15) is 0 Å². The SMILES string of the molecule is Cc1ccc(CNC(=O)Nc2cccc([N+](=O)[O-])c2)cc1F. The quantitative estimate of drug-likeness (QED) is 0.671. The molecule has 0 aliphatic carbocycles. The van der Waals surface area contributed by atoms with E-state index in [4.69, 9.17) is 0 Å². The Kier molecular flexibility index (Phi) is 4.67. The van der Waals surface area contributed by atoms with Crippen molar-refractivity contribution in [3.05, 3.63) is 69.5 Å². The summed E-state index contributed by atoms with van der Waals surface area (Å²) in [5.41, 5.74) is 1.35. The number of nitrogens with one attached hydrogen (secondary N) is 2. The summed E-state index contributed by atoms with van der Waals surface area (Å²) in [6, 6.07) is 9.77. The minimum Gasteiger partial charge on any atom is -0.334 e. The lowest BCUT2D eigenvalue weighted by atomic mass is 10.1. The van der Waals surface area contributed by atoms with Gasteiger partial charge in [-0.15, -0.1) is 0 Å². The molecule has 0 saturated carbocycles. The molecular weight excluding hydrogens is 289 g/mol. The number of nitro benzene ring substituents is 1. The van der Waals surface area contributed by atoms with Crippen LogP contribution in [0.25, 0.3) is 0 Å². The summed E-state index contributed by atoms with van der Waals surface area (Å²) in [5.74, 6) is -0.335. The number of benzene rings is 2. The molecule has 0 heterocycles. The second-order valence-electron chi connectivity index (χ2n) is 4.70. The number of rotatable bonds is 4. The van der Waals surface area contributed by atoms with Gasteiger partial charge in [-0.3, -0.25) is 10.1 Å². The molecule has 2 aromatic carbocycles. The smallest absolute Gasteiger partial charge is 0.319 e. The maximum absolute atomic E-state index is 13.4. The van der Waals surface area contributed by atoms with Gasteiger partial charge in [0.15, 0.2) is 0 Å². The van der Waals surface area contributed by atoms with Gasteiger partial charge in [0.2, 0.25) is 0 Å². The maximum Gasteiger partial charge on any atom is 0.319 e. The third-order valence-electron chi connectivity index (χ3n) is 3.00. The molecule has 2 N–H and O–H groups in total. The fourth-order valence-electron chi connectivity index (χ4n) is 1.80. The molecule has 0 aliphatic rings. The molecule has 6 nitrogen and oxygen atoms in total. The van der Waals surface area contributed by atoms with Crippen LogP contribution in [0.4, 0.5) is 20.6 Å². The van der Waals surface area contributed by atoms with Crippen molar-refractivity contribution in [1.82, 2.24) is 5.32 Å². The van der Waals surface area contributed by atoms with Crippen molar-refractivity contribution in [3.8, 4) is 0 Å². The first-order chi connectivity index (χ1) is 10.5. The predicted octanol–water partition coefficient (Wildman–Crippen LogP) is 3.36. The highest BCUT2D eigenvalue weighted by atomic mass is 19.1. The van der Waals surface area contributed by atoms with Gasteiger partial charge in [0.05, 0.1) is 4.92 Å². The third-order valence-corrected chi connectivity index (χ3v) is 3.00. The zero-order valence-corrected chi connectivity index (χ0v) is 11.8. The first-order valence-electron chi connectivity index (χ1n) is 6.50. The Morgan fingerprint density at radius 1 is 1.27 bits per heavy atom. The molecule has 0 aromatic heterocycles. The van der Waals surface area contributed by atoms with Crippen LogP contribution in [0.2, 0.25) is 0 Å². The number of carbonyl (C=O) groups is 1. The van der Waals surface area contributed by atoms with Crippen molar-refractivity contribution in [2.45, 2.75) is 13.5 Å². The number of halogens is 1. The standard InChI is InChI=1S/C15H14FN3O3/c1-10-5-6-11(7-14(10)16)9-17-15(20)18-12-3-2-4-13(8-12)19(21)22/h2-8H,9H2,1H3,(H2,17,18,20). The van der Waals surface area contributed by atoms with Crippen LogP contribution < -0.4 is 10.6 Å². The lowest BCUT2D eigenvalue weighted by Crippen LogP contribution is -2.28. The van der Waals surface area contributed by atoms with Crippen LogP contribution in [-0.2, 0) is 6.54 Å². The summed E-state index contributed by atoms with van der Waals surface area (Å²) in [4.78, 5) is 21.8. The molecule has 0 atom stereocenters. The number of urea groups is 1. The molecule has 0 saturated heterocycles. The van der Waals surface area contributed by atoms with Crippen LogP contribution in [0.15, 0.2) is 42.5 Å². The Labute approximate surface area is 126 Å². The molecule has 114 valence electrons. The van der Waals surface area contributed by atoms with Gasteiger partial charge in [0, 0.05) is 24.4 Å². The van der Waals surface area contributed by atoms with Crippen molar-refractivity contribution in [2.75, 3.05) is 5.32 Å². The summed E-state index contributed by atoms with van der Waals surface area (Å²) in [6.45, 7) is 1.81. The van der Waals surface area contributed by atoms with Crippen molar-refractivity contribution >= 4 is 17.4 Å². The fourth-order valence-corrected chi connectivity index (χ4v) is 1.80. The Morgan fingerprint density at radius 2 is 2.05 bits per heavy atom. The Hall–Kier alpha value is -2.96. The van der Waals surface area contributed by atoms with Crippen LogP contribution in [-0.4, -0.2) is 11.0 Å². The number of aryl methyl sites for hydroxylation is 1. The lowest BCUT2D eigenvalue weighted by molar-refractivity contribution is -0.384. The normalized spacial score (nSPS) is 10.1. The van der Waals surface area contributed by atoms with Crippen LogP contribution in [0, 0.1) is 22.9 Å². The topological polar surface area (TPSA) is 84.3 Å². The molecule has 0 radical (unpaired) electrons. The maximum atomic E-state index is 13.4. The molecule has 0 aliphatic heterocycles. The number of amides is 2. The summed E-state index contributed by atoms with van der Waals surface area (Å²) in [7, 11) is 0. The fraction of sp³-hybridized carbons (Fsp3) is 0.133. The Bertz CT molecular complexity index is 719. The average molecular weight is 303 g/mol. The van der Waals surface area contributed by atoms with Crippen molar-refractivity contribution in [1.29, 1.82) is 0 Å². The molecular formula is C15H14FN3O3. The number of anilines is 1. The van der Waals surface area contributed by atoms with Crippen LogP contribution in [0.5, 0.6) is 0 Å². The van der Waals surface area contributed by atoms with E-state index in [1.807, 2.05) is 0 Å². The van der Waals surface area contributed by atoms with E-state index in [0.717, 1.165) is 0 Å². The molecule has 22 heavy (non-hydrogen) atoms. The van der Waals surface area contributed by atoms with E-state index in [0.29, 0.717) is 16.8 Å². The summed E-state index contributed by atoms with van der Waals surface area (Å²) >= 11 is 0. The van der Waals surface area contributed by atoms with E-state index in [1.54, 1.807) is 19.1 Å². The monoisotopic (exact) mass is 303 g/mol. The van der Waals surface area contributed by atoms with E-state index in [9.17, 15) is 19.3 Å². The van der Waals surface area contributed by atoms with Gasteiger partial charge in [-0.05, 0) is 30.2 Å². The van der Waals surface area contributed by atoms with Crippen LogP contribution in [0.3, 0.4) is 0 Å². The minimum atomic E-state index is -0.543. The molecule has 2 rings (SSSR count). The molecule has 2 amide bonds. The summed E-state index contributed by atoms with van der Waals surface area (Å²) in [6.07, 6.45) is 0. The largest absolute Gasteiger partial charge is 0.334 e. The summed E-state index contributed by atoms with van der Waals surface area (Å²) < 4.78 is 13.4. The number of hydrogen-bond donors (Lipinski definition) is 2. The second kappa shape index (κ2) is 6.66. The van der Waals surface area contributed by atoms with E-state index in [-0.39, 0.29) is 18.0 Å². The second-order valence-corrected chi connectivity index (χ2v) is 4.70. The van der Waals surface area contributed by atoms with Gasteiger partial charge >= 0.3 is 6.03 Å². The molecule has 2 aromatic rings. The molecule has 0 unspecified atom stereocenters. The highest BCUT2D eigenvalue weighted by molar-refractivity contribution is 5.89. The number of hydrogen-bond acceptors (Lipinski definition) is 3. The molecule has 7 heteroatoms. The summed E-state index contributed by atoms with van der Waals surface area (Å²) in [5, 5.41) is 15.7. The van der Waals surface area contributed by atoms with E-state index in [2.05, 4.69) is 10.6 Å². The van der Waals surface area contributed by atoms with Gasteiger partial charge < -0.3 is 10.6 Å².